The fourth-order valence-corrected chi connectivity index (χ4v) is 1.91. The number of nitrogens with zero attached hydrogens (tertiary/aromatic N) is 1. The Bertz CT molecular complexity index is 463. The average molecular weight is 214 g/mol. The molecule has 0 saturated carbocycles. The predicted molar refractivity (Wildman–Crippen MR) is 68.3 cm³/mol. The zero-order chi connectivity index (χ0) is 11.4. The fourth-order valence-electron chi connectivity index (χ4n) is 1.91. The van der Waals surface area contributed by atoms with E-state index in [4.69, 9.17) is 5.73 Å². The molecular weight excluding hydrogens is 196 g/mol. The Morgan fingerprint density at radius 2 is 2.19 bits per heavy atom. The van der Waals surface area contributed by atoms with Gasteiger partial charge in [0, 0.05) is 17.6 Å². The van der Waals surface area contributed by atoms with Crippen LogP contribution in [-0.4, -0.2) is 11.0 Å². The van der Waals surface area contributed by atoms with Crippen LogP contribution in [0.25, 0.3) is 10.9 Å². The van der Waals surface area contributed by atoms with Crippen molar-refractivity contribution in [2.45, 2.75) is 32.2 Å². The van der Waals surface area contributed by atoms with Gasteiger partial charge < -0.3 is 5.73 Å². The van der Waals surface area contributed by atoms with Gasteiger partial charge in [0.2, 0.25) is 0 Å². The summed E-state index contributed by atoms with van der Waals surface area (Å²) in [7, 11) is 0. The van der Waals surface area contributed by atoms with E-state index in [1.165, 1.54) is 10.9 Å². The van der Waals surface area contributed by atoms with Gasteiger partial charge in [-0.2, -0.15) is 0 Å². The molecule has 1 heterocycles. The summed E-state index contributed by atoms with van der Waals surface area (Å²) >= 11 is 0. The molecule has 0 amide bonds. The molecule has 0 aliphatic heterocycles. The van der Waals surface area contributed by atoms with Gasteiger partial charge in [-0.1, -0.05) is 12.1 Å². The van der Waals surface area contributed by atoms with Crippen molar-refractivity contribution in [1.29, 1.82) is 0 Å². The molecule has 1 unspecified atom stereocenters. The van der Waals surface area contributed by atoms with Crippen LogP contribution in [0.2, 0.25) is 0 Å². The molecule has 0 aliphatic rings. The van der Waals surface area contributed by atoms with Gasteiger partial charge in [-0.15, -0.1) is 0 Å². The lowest BCUT2D eigenvalue weighted by Crippen LogP contribution is -2.14. The van der Waals surface area contributed by atoms with Crippen LogP contribution < -0.4 is 5.73 Å². The Balaban J connectivity index is 2.08. The molecule has 2 heteroatoms. The molecule has 2 N–H and O–H groups in total. The Morgan fingerprint density at radius 1 is 1.31 bits per heavy atom. The summed E-state index contributed by atoms with van der Waals surface area (Å²) in [5.41, 5.74) is 8.18. The van der Waals surface area contributed by atoms with Crippen molar-refractivity contribution in [3.05, 3.63) is 42.1 Å². The molecule has 0 fully saturated rings. The number of fused-ring (bicyclic) bond motifs is 1. The van der Waals surface area contributed by atoms with Crippen molar-refractivity contribution < 1.29 is 0 Å². The average Bonchev–Trinajstić information content (AvgIpc) is 2.28. The third kappa shape index (κ3) is 2.80. The Hall–Kier alpha value is -1.41. The number of rotatable bonds is 4. The first-order chi connectivity index (χ1) is 7.75. The highest BCUT2D eigenvalue weighted by Gasteiger charge is 1.98. The standard InChI is InChI=1S/C14H18N2/c1-11(15)4-2-5-12-7-8-14-13(10-12)6-3-9-16-14/h3,6-11H,2,4-5,15H2,1H3. The third-order valence-electron chi connectivity index (χ3n) is 2.79. The minimum atomic E-state index is 0.308. The largest absolute Gasteiger partial charge is 0.328 e. The first-order valence-corrected chi connectivity index (χ1v) is 5.85. The van der Waals surface area contributed by atoms with Crippen LogP contribution in [0, 0.1) is 0 Å². The van der Waals surface area contributed by atoms with E-state index in [0.29, 0.717) is 6.04 Å². The first-order valence-electron chi connectivity index (χ1n) is 5.85. The number of aryl methyl sites for hydroxylation is 1. The molecule has 16 heavy (non-hydrogen) atoms. The highest BCUT2D eigenvalue weighted by Crippen LogP contribution is 2.15. The Morgan fingerprint density at radius 3 is 3.00 bits per heavy atom. The Labute approximate surface area is 96.5 Å². The van der Waals surface area contributed by atoms with Gasteiger partial charge in [0.1, 0.15) is 0 Å². The summed E-state index contributed by atoms with van der Waals surface area (Å²) in [5, 5.41) is 1.22. The molecule has 1 aromatic heterocycles. The smallest absolute Gasteiger partial charge is 0.0702 e. The highest BCUT2D eigenvalue weighted by atomic mass is 14.6. The van der Waals surface area contributed by atoms with Crippen molar-refractivity contribution in [1.82, 2.24) is 4.98 Å². The van der Waals surface area contributed by atoms with Gasteiger partial charge >= 0.3 is 0 Å². The quantitative estimate of drug-likeness (QED) is 0.850. The molecule has 0 spiro atoms. The van der Waals surface area contributed by atoms with Gasteiger partial charge in [0.25, 0.3) is 0 Å². The van der Waals surface area contributed by atoms with Gasteiger partial charge in [-0.25, -0.2) is 0 Å². The van der Waals surface area contributed by atoms with E-state index in [1.54, 1.807) is 0 Å². The lowest BCUT2D eigenvalue weighted by atomic mass is 10.0. The number of benzene rings is 1. The second kappa shape index (κ2) is 5.08. The molecule has 2 nitrogen and oxygen atoms in total. The van der Waals surface area contributed by atoms with Crippen LogP contribution >= 0.6 is 0 Å². The maximum atomic E-state index is 5.74. The van der Waals surface area contributed by atoms with Gasteiger partial charge in [0.15, 0.2) is 0 Å². The van der Waals surface area contributed by atoms with E-state index in [1.807, 2.05) is 12.3 Å². The third-order valence-corrected chi connectivity index (χ3v) is 2.79. The number of pyridine rings is 1. The van der Waals surface area contributed by atoms with E-state index in [0.717, 1.165) is 24.8 Å². The van der Waals surface area contributed by atoms with Crippen LogP contribution in [0.4, 0.5) is 0 Å². The minimum absolute atomic E-state index is 0.308. The van der Waals surface area contributed by atoms with Crippen molar-refractivity contribution in [3.63, 3.8) is 0 Å². The van der Waals surface area contributed by atoms with E-state index in [9.17, 15) is 0 Å². The normalized spacial score (nSPS) is 12.9. The molecule has 84 valence electrons. The summed E-state index contributed by atoms with van der Waals surface area (Å²) in [6.45, 7) is 2.06. The molecule has 0 aliphatic carbocycles. The highest BCUT2D eigenvalue weighted by molar-refractivity contribution is 5.78. The number of aromatic nitrogens is 1. The van der Waals surface area contributed by atoms with Crippen molar-refractivity contribution in [3.8, 4) is 0 Å². The zero-order valence-electron chi connectivity index (χ0n) is 9.69. The number of hydrogen-bond acceptors (Lipinski definition) is 2. The lowest BCUT2D eigenvalue weighted by molar-refractivity contribution is 0.624. The van der Waals surface area contributed by atoms with E-state index < -0.39 is 0 Å². The molecule has 2 aromatic rings. The Kier molecular flexibility index (Phi) is 3.52. The van der Waals surface area contributed by atoms with Gasteiger partial charge in [-0.3, -0.25) is 4.98 Å². The summed E-state index contributed by atoms with van der Waals surface area (Å²) in [6.07, 6.45) is 5.18. The summed E-state index contributed by atoms with van der Waals surface area (Å²) in [5.74, 6) is 0. The second-order valence-electron chi connectivity index (χ2n) is 4.40. The van der Waals surface area contributed by atoms with Crippen molar-refractivity contribution in [2.75, 3.05) is 0 Å². The van der Waals surface area contributed by atoms with Crippen LogP contribution in [0.3, 0.4) is 0 Å². The second-order valence-corrected chi connectivity index (χ2v) is 4.40. The van der Waals surface area contributed by atoms with Crippen LogP contribution in [0.1, 0.15) is 25.3 Å². The molecular formula is C14H18N2. The number of hydrogen-bond donors (Lipinski definition) is 1. The molecule has 2 rings (SSSR count). The lowest BCUT2D eigenvalue weighted by Gasteiger charge is -2.05. The first kappa shape index (κ1) is 11.1. The van der Waals surface area contributed by atoms with E-state index in [-0.39, 0.29) is 0 Å². The van der Waals surface area contributed by atoms with Crippen LogP contribution in [0.5, 0.6) is 0 Å². The molecule has 1 atom stereocenters. The topological polar surface area (TPSA) is 38.9 Å². The summed E-state index contributed by atoms with van der Waals surface area (Å²) < 4.78 is 0. The van der Waals surface area contributed by atoms with E-state index >= 15 is 0 Å². The van der Waals surface area contributed by atoms with Crippen molar-refractivity contribution in [2.24, 2.45) is 5.73 Å². The number of nitrogens with two attached hydrogens (primary N) is 1. The molecule has 1 aromatic carbocycles. The molecule has 0 radical (unpaired) electrons. The van der Waals surface area contributed by atoms with Crippen molar-refractivity contribution >= 4 is 10.9 Å². The minimum Gasteiger partial charge on any atom is -0.328 e. The molecule has 0 saturated heterocycles. The maximum Gasteiger partial charge on any atom is 0.0702 e. The molecule has 0 bridgehead atoms. The van der Waals surface area contributed by atoms with E-state index in [2.05, 4.69) is 36.2 Å². The zero-order valence-corrected chi connectivity index (χ0v) is 9.69. The SMILES string of the molecule is CC(N)CCCc1ccc2ncccc2c1. The van der Waals surface area contributed by atoms with Crippen LogP contribution in [0.15, 0.2) is 36.5 Å². The van der Waals surface area contributed by atoms with Crippen LogP contribution in [-0.2, 0) is 6.42 Å². The fraction of sp³-hybridized carbons (Fsp3) is 0.357. The monoisotopic (exact) mass is 214 g/mol. The van der Waals surface area contributed by atoms with Gasteiger partial charge in [-0.05, 0) is 49.9 Å². The predicted octanol–water partition coefficient (Wildman–Crippen LogP) is 2.90. The maximum absolute atomic E-state index is 5.74. The summed E-state index contributed by atoms with van der Waals surface area (Å²) in [6, 6.07) is 10.9. The summed E-state index contributed by atoms with van der Waals surface area (Å²) in [4.78, 5) is 4.31. The van der Waals surface area contributed by atoms with Gasteiger partial charge in [0.05, 0.1) is 5.52 Å².